The minimum absolute atomic E-state index is 0.462. The summed E-state index contributed by atoms with van der Waals surface area (Å²) >= 11 is 0. The third-order valence-corrected chi connectivity index (χ3v) is 2.15. The molecule has 78 valence electrons. The molecule has 3 nitrogen and oxygen atoms in total. The third kappa shape index (κ3) is 2.62. The van der Waals surface area contributed by atoms with Gasteiger partial charge in [-0.1, -0.05) is 6.92 Å². The molecule has 0 bridgehead atoms. The molecule has 0 saturated carbocycles. The Morgan fingerprint density at radius 3 is 2.71 bits per heavy atom. The maximum absolute atomic E-state index is 5.73. The Hall–Kier alpha value is -1.25. The lowest BCUT2D eigenvalue weighted by molar-refractivity contribution is 0.662. The van der Waals surface area contributed by atoms with E-state index in [9.17, 15) is 0 Å². The lowest BCUT2D eigenvalue weighted by Crippen LogP contribution is -2.32. The van der Waals surface area contributed by atoms with Crippen LogP contribution in [0.2, 0.25) is 0 Å². The van der Waals surface area contributed by atoms with Gasteiger partial charge in [-0.05, 0) is 26.3 Å². The first kappa shape index (κ1) is 10.8. The summed E-state index contributed by atoms with van der Waals surface area (Å²) < 4.78 is 0. The molecule has 3 heteroatoms. The predicted octanol–water partition coefficient (Wildman–Crippen LogP) is 2.29. The smallest absolute Gasteiger partial charge is 0.130 e. The largest absolute Gasteiger partial charge is 0.399 e. The number of nitrogen functional groups attached to an aromatic ring is 1. The molecule has 0 amide bonds. The second kappa shape index (κ2) is 4.84. The molecule has 1 aromatic rings. The van der Waals surface area contributed by atoms with Crippen LogP contribution in [0.1, 0.15) is 27.2 Å². The number of nitrogens with two attached hydrogens (primary N) is 1. The molecule has 0 aliphatic heterocycles. The Kier molecular flexibility index (Phi) is 3.74. The summed E-state index contributed by atoms with van der Waals surface area (Å²) in [5, 5.41) is 0. The monoisotopic (exact) mass is 193 g/mol. The molecule has 1 heterocycles. The van der Waals surface area contributed by atoms with Gasteiger partial charge >= 0.3 is 0 Å². The van der Waals surface area contributed by atoms with Gasteiger partial charge in [0.15, 0.2) is 0 Å². The average molecular weight is 193 g/mol. The summed E-state index contributed by atoms with van der Waals surface area (Å²) in [6.07, 6.45) is 2.88. The summed E-state index contributed by atoms with van der Waals surface area (Å²) in [6.45, 7) is 7.52. The maximum Gasteiger partial charge on any atom is 0.130 e. The molecule has 0 aliphatic rings. The van der Waals surface area contributed by atoms with E-state index in [1.165, 1.54) is 0 Å². The molecule has 1 aromatic heterocycles. The predicted molar refractivity (Wildman–Crippen MR) is 61.4 cm³/mol. The van der Waals surface area contributed by atoms with Crippen LogP contribution in [0.15, 0.2) is 18.3 Å². The lowest BCUT2D eigenvalue weighted by atomic mass is 10.2. The van der Waals surface area contributed by atoms with Crippen LogP contribution in [0.5, 0.6) is 0 Å². The van der Waals surface area contributed by atoms with Crippen molar-refractivity contribution in [2.45, 2.75) is 33.2 Å². The van der Waals surface area contributed by atoms with Gasteiger partial charge in [-0.15, -0.1) is 0 Å². The Balaban J connectivity index is 2.87. The first-order valence-corrected chi connectivity index (χ1v) is 5.13. The van der Waals surface area contributed by atoms with Crippen LogP contribution in [-0.4, -0.2) is 17.6 Å². The van der Waals surface area contributed by atoms with Crippen molar-refractivity contribution in [3.63, 3.8) is 0 Å². The van der Waals surface area contributed by atoms with Crippen LogP contribution in [0.4, 0.5) is 11.5 Å². The number of rotatable bonds is 4. The van der Waals surface area contributed by atoms with E-state index in [0.29, 0.717) is 6.04 Å². The Morgan fingerprint density at radius 1 is 1.50 bits per heavy atom. The highest BCUT2D eigenvalue weighted by Crippen LogP contribution is 2.16. The van der Waals surface area contributed by atoms with Crippen LogP contribution in [0.25, 0.3) is 0 Å². The van der Waals surface area contributed by atoms with Gasteiger partial charge in [0.2, 0.25) is 0 Å². The highest BCUT2D eigenvalue weighted by atomic mass is 15.2. The van der Waals surface area contributed by atoms with Crippen molar-refractivity contribution in [2.75, 3.05) is 17.2 Å². The van der Waals surface area contributed by atoms with Gasteiger partial charge in [-0.2, -0.15) is 0 Å². The van der Waals surface area contributed by atoms with Crippen LogP contribution >= 0.6 is 0 Å². The third-order valence-electron chi connectivity index (χ3n) is 2.15. The Labute approximate surface area is 85.9 Å². The number of aromatic nitrogens is 1. The number of nitrogens with zero attached hydrogens (tertiary/aromatic N) is 2. The minimum Gasteiger partial charge on any atom is -0.399 e. The molecule has 0 radical (unpaired) electrons. The summed E-state index contributed by atoms with van der Waals surface area (Å²) in [7, 11) is 0. The van der Waals surface area contributed by atoms with E-state index in [0.717, 1.165) is 24.5 Å². The van der Waals surface area contributed by atoms with Gasteiger partial charge in [0.25, 0.3) is 0 Å². The number of anilines is 2. The molecule has 1 rings (SSSR count). The second-order valence-corrected chi connectivity index (χ2v) is 3.73. The lowest BCUT2D eigenvalue weighted by Gasteiger charge is -2.27. The first-order chi connectivity index (χ1) is 6.65. The Morgan fingerprint density at radius 2 is 2.21 bits per heavy atom. The fourth-order valence-corrected chi connectivity index (χ4v) is 1.47. The van der Waals surface area contributed by atoms with Gasteiger partial charge in [-0.25, -0.2) is 4.98 Å². The van der Waals surface area contributed by atoms with Gasteiger partial charge in [0, 0.05) is 30.5 Å². The van der Waals surface area contributed by atoms with E-state index in [1.807, 2.05) is 12.1 Å². The number of hydrogen-bond acceptors (Lipinski definition) is 3. The van der Waals surface area contributed by atoms with Crippen LogP contribution in [-0.2, 0) is 0 Å². The normalized spacial score (nSPS) is 10.6. The summed E-state index contributed by atoms with van der Waals surface area (Å²) in [5.74, 6) is 0.974. The topological polar surface area (TPSA) is 42.1 Å². The fourth-order valence-electron chi connectivity index (χ4n) is 1.47. The quantitative estimate of drug-likeness (QED) is 0.797. The zero-order valence-electron chi connectivity index (χ0n) is 9.20. The van der Waals surface area contributed by atoms with E-state index < -0.39 is 0 Å². The molecule has 0 saturated heterocycles. The van der Waals surface area contributed by atoms with E-state index in [1.54, 1.807) is 6.20 Å². The molecule has 14 heavy (non-hydrogen) atoms. The van der Waals surface area contributed by atoms with E-state index in [4.69, 9.17) is 5.73 Å². The summed E-state index contributed by atoms with van der Waals surface area (Å²) in [4.78, 5) is 6.59. The van der Waals surface area contributed by atoms with Crippen molar-refractivity contribution >= 4 is 11.5 Å². The maximum atomic E-state index is 5.73. The van der Waals surface area contributed by atoms with Crippen molar-refractivity contribution in [1.29, 1.82) is 0 Å². The molecule has 0 aliphatic carbocycles. The highest BCUT2D eigenvalue weighted by molar-refractivity contribution is 5.50. The number of hydrogen-bond donors (Lipinski definition) is 1. The second-order valence-electron chi connectivity index (χ2n) is 3.73. The van der Waals surface area contributed by atoms with Gasteiger partial charge < -0.3 is 10.6 Å². The molecule has 0 fully saturated rings. The molecular weight excluding hydrogens is 174 g/mol. The SMILES string of the molecule is CCCN(c1cc(N)ccn1)C(C)C. The van der Waals surface area contributed by atoms with Crippen molar-refractivity contribution in [1.82, 2.24) is 4.98 Å². The highest BCUT2D eigenvalue weighted by Gasteiger charge is 2.10. The Bertz CT molecular complexity index is 284. The molecule has 0 atom stereocenters. The van der Waals surface area contributed by atoms with E-state index in [-0.39, 0.29) is 0 Å². The van der Waals surface area contributed by atoms with Crippen molar-refractivity contribution in [2.24, 2.45) is 0 Å². The molecule has 0 unspecified atom stereocenters. The van der Waals surface area contributed by atoms with Crippen molar-refractivity contribution in [3.8, 4) is 0 Å². The molecule has 0 spiro atoms. The number of pyridine rings is 1. The van der Waals surface area contributed by atoms with Gasteiger partial charge in [-0.3, -0.25) is 0 Å². The first-order valence-electron chi connectivity index (χ1n) is 5.13. The molecule has 0 aromatic carbocycles. The fraction of sp³-hybridized carbons (Fsp3) is 0.545. The van der Waals surface area contributed by atoms with Gasteiger partial charge in [0.1, 0.15) is 5.82 Å². The average Bonchev–Trinajstić information content (AvgIpc) is 2.13. The zero-order chi connectivity index (χ0) is 10.6. The summed E-state index contributed by atoms with van der Waals surface area (Å²) in [6, 6.07) is 4.20. The van der Waals surface area contributed by atoms with Crippen molar-refractivity contribution < 1.29 is 0 Å². The zero-order valence-corrected chi connectivity index (χ0v) is 9.20. The van der Waals surface area contributed by atoms with Gasteiger partial charge in [0.05, 0.1) is 0 Å². The molecule has 2 N–H and O–H groups in total. The van der Waals surface area contributed by atoms with E-state index >= 15 is 0 Å². The van der Waals surface area contributed by atoms with Crippen LogP contribution < -0.4 is 10.6 Å². The molecular formula is C11H19N3. The van der Waals surface area contributed by atoms with E-state index in [2.05, 4.69) is 30.7 Å². The van der Waals surface area contributed by atoms with Crippen LogP contribution in [0.3, 0.4) is 0 Å². The van der Waals surface area contributed by atoms with Crippen LogP contribution in [0, 0.1) is 0 Å². The standard InChI is InChI=1S/C11H19N3/c1-4-7-14(9(2)3)11-8-10(12)5-6-13-11/h5-6,8-9H,4,7H2,1-3H3,(H2,12,13). The summed E-state index contributed by atoms with van der Waals surface area (Å²) in [5.41, 5.74) is 6.50. The minimum atomic E-state index is 0.462. The van der Waals surface area contributed by atoms with Crippen molar-refractivity contribution in [3.05, 3.63) is 18.3 Å².